The third-order valence-electron chi connectivity index (χ3n) is 0.566. The van der Waals surface area contributed by atoms with Crippen LogP contribution in [-0.2, 0) is 18.9 Å². The normalized spacial score (nSPS) is 14.7. The Morgan fingerprint density at radius 1 is 1.20 bits per heavy atom. The number of carbonyl (C=O) groups is 2. The maximum atomic E-state index is 11.5. The molecule has 0 atom stereocenters. The molecule has 1 aliphatic rings. The molecule has 50 valence electrons. The minimum atomic E-state index is -2.20. The maximum Gasteiger partial charge on any atom is 1.00 e. The summed E-state index contributed by atoms with van der Waals surface area (Å²) in [6, 6.07) is 0. The molecule has 0 aromatic heterocycles. The van der Waals surface area contributed by atoms with Crippen molar-refractivity contribution in [3.8, 4) is 0 Å². The molecule has 0 aromatic rings. The molecule has 1 saturated heterocycles. The van der Waals surface area contributed by atoms with Gasteiger partial charge in [-0.25, -0.2) is 13.9 Å². The first-order valence-electron chi connectivity index (χ1n) is 1.76. The first-order chi connectivity index (χ1) is 3.70. The van der Waals surface area contributed by atoms with Crippen LogP contribution in [0.25, 0.3) is 0 Å². The molecule has 0 saturated carbocycles. The molecule has 1 heterocycles. The fourth-order valence-electron chi connectivity index (χ4n) is 0.289. The molecule has 0 aliphatic carbocycles. The number of rotatable bonds is 0. The van der Waals surface area contributed by atoms with Crippen molar-refractivity contribution in [2.75, 3.05) is 0 Å². The zero-order valence-corrected chi connectivity index (χ0v) is 4.97. The SMILES string of the molecule is O=C1OB(F)OC1=O.[F-].[Li+]. The molecule has 10 heavy (non-hydrogen) atoms. The fraction of sp³-hybridized carbons (Fsp3) is 0. The second-order valence-corrected chi connectivity index (χ2v) is 1.09. The Labute approximate surface area is 66.8 Å². The first-order valence-corrected chi connectivity index (χ1v) is 1.76. The summed E-state index contributed by atoms with van der Waals surface area (Å²) in [6.07, 6.45) is 0. The second-order valence-electron chi connectivity index (χ2n) is 1.09. The third kappa shape index (κ3) is 2.37. The fourth-order valence-corrected chi connectivity index (χ4v) is 0.289. The van der Waals surface area contributed by atoms with Crippen LogP contribution in [0.2, 0.25) is 0 Å². The van der Waals surface area contributed by atoms with Gasteiger partial charge in [-0.1, -0.05) is 0 Å². The molecule has 0 radical (unpaired) electrons. The molecule has 1 rings (SSSR count). The van der Waals surface area contributed by atoms with Crippen LogP contribution >= 0.6 is 0 Å². The van der Waals surface area contributed by atoms with Gasteiger partial charge >= 0.3 is 38.2 Å². The van der Waals surface area contributed by atoms with E-state index in [0.717, 1.165) is 0 Å². The number of halogens is 2. The van der Waals surface area contributed by atoms with Gasteiger partial charge in [-0.05, 0) is 0 Å². The Balaban J connectivity index is 0. The number of hydrogen-bond acceptors (Lipinski definition) is 4. The van der Waals surface area contributed by atoms with Crippen LogP contribution in [0.1, 0.15) is 0 Å². The maximum absolute atomic E-state index is 11.5. The van der Waals surface area contributed by atoms with Crippen molar-refractivity contribution in [2.45, 2.75) is 0 Å². The van der Waals surface area contributed by atoms with Crippen molar-refractivity contribution in [3.05, 3.63) is 0 Å². The summed E-state index contributed by atoms with van der Waals surface area (Å²) < 4.78 is 18.7. The van der Waals surface area contributed by atoms with E-state index in [1.165, 1.54) is 0 Å². The monoisotopic (exact) mass is 144 g/mol. The topological polar surface area (TPSA) is 52.6 Å². The molecule has 0 bridgehead atoms. The van der Waals surface area contributed by atoms with Gasteiger partial charge in [0.05, 0.1) is 0 Å². The van der Waals surface area contributed by atoms with E-state index < -0.39 is 19.3 Å². The van der Waals surface area contributed by atoms with Gasteiger partial charge < -0.3 is 14.0 Å². The molecule has 0 amide bonds. The van der Waals surface area contributed by atoms with Crippen LogP contribution in [0.5, 0.6) is 0 Å². The molecule has 0 aromatic carbocycles. The summed E-state index contributed by atoms with van der Waals surface area (Å²) in [5.41, 5.74) is 0. The van der Waals surface area contributed by atoms with Crippen LogP contribution in [0.4, 0.5) is 4.32 Å². The van der Waals surface area contributed by atoms with Gasteiger partial charge in [-0.2, -0.15) is 0 Å². The smallest absolute Gasteiger partial charge is 1.00 e. The van der Waals surface area contributed by atoms with Crippen LogP contribution in [0, 0.1) is 0 Å². The molecule has 0 spiro atoms. The minimum Gasteiger partial charge on any atom is -1.00 e. The average molecular weight is 144 g/mol. The van der Waals surface area contributed by atoms with E-state index in [1.54, 1.807) is 0 Å². The summed E-state index contributed by atoms with van der Waals surface area (Å²) >= 11 is 0. The standard InChI is InChI=1S/C2BFO4.FH.Li/c4-3-7-1(5)2(6)8-3;;/h;1H;/q;;+1/p-1. The predicted molar refractivity (Wildman–Crippen MR) is 19.0 cm³/mol. The largest absolute Gasteiger partial charge is 1.00 e. The van der Waals surface area contributed by atoms with E-state index in [0.29, 0.717) is 0 Å². The summed E-state index contributed by atoms with van der Waals surface area (Å²) in [7, 11) is -2.20. The van der Waals surface area contributed by atoms with E-state index in [2.05, 4.69) is 9.31 Å². The van der Waals surface area contributed by atoms with Gasteiger partial charge in [0.2, 0.25) is 0 Å². The van der Waals surface area contributed by atoms with Crippen molar-refractivity contribution in [3.63, 3.8) is 0 Å². The molecular weight excluding hydrogens is 144 g/mol. The van der Waals surface area contributed by atoms with Crippen LogP contribution in [-0.4, -0.2) is 19.3 Å². The Bertz CT molecular complexity index is 136. The summed E-state index contributed by atoms with van der Waals surface area (Å²) in [5, 5.41) is 0. The van der Waals surface area contributed by atoms with E-state index in [9.17, 15) is 13.9 Å². The van der Waals surface area contributed by atoms with E-state index >= 15 is 0 Å². The molecule has 8 heteroatoms. The van der Waals surface area contributed by atoms with E-state index in [-0.39, 0.29) is 23.6 Å². The zero-order valence-electron chi connectivity index (χ0n) is 4.97. The van der Waals surface area contributed by atoms with E-state index in [1.807, 2.05) is 0 Å². The Hall–Kier alpha value is -0.538. The molecule has 1 fully saturated rings. The third-order valence-corrected chi connectivity index (χ3v) is 0.566. The van der Waals surface area contributed by atoms with E-state index in [4.69, 9.17) is 0 Å². The quantitative estimate of drug-likeness (QED) is 0.250. The van der Waals surface area contributed by atoms with Crippen molar-refractivity contribution in [2.24, 2.45) is 0 Å². The van der Waals surface area contributed by atoms with Gasteiger partial charge in [-0.15, -0.1) is 0 Å². The Morgan fingerprint density at radius 3 is 1.60 bits per heavy atom. The molecule has 0 unspecified atom stereocenters. The van der Waals surface area contributed by atoms with Crippen LogP contribution < -0.4 is 23.6 Å². The van der Waals surface area contributed by atoms with Crippen molar-refractivity contribution < 1.29 is 46.8 Å². The summed E-state index contributed by atoms with van der Waals surface area (Å²) in [6.45, 7) is 0. The summed E-state index contributed by atoms with van der Waals surface area (Å²) in [4.78, 5) is 19.7. The molecular formula is C2BF2LiO4. The molecule has 0 N–H and O–H groups in total. The number of carbonyl (C=O) groups excluding carboxylic acids is 2. The van der Waals surface area contributed by atoms with Gasteiger partial charge in [0.25, 0.3) is 0 Å². The molecule has 1 aliphatic heterocycles. The number of hydrogen-bond donors (Lipinski definition) is 0. The van der Waals surface area contributed by atoms with Gasteiger partial charge in [-0.3, -0.25) is 0 Å². The predicted octanol–water partition coefficient (Wildman–Crippen LogP) is -6.95. The van der Waals surface area contributed by atoms with Gasteiger partial charge in [0, 0.05) is 0 Å². The van der Waals surface area contributed by atoms with Crippen LogP contribution in [0.15, 0.2) is 0 Å². The van der Waals surface area contributed by atoms with Gasteiger partial charge in [0.15, 0.2) is 0 Å². The average Bonchev–Trinajstić information content (AvgIpc) is 1.85. The van der Waals surface area contributed by atoms with Crippen molar-refractivity contribution in [1.29, 1.82) is 0 Å². The Kier molecular flexibility index (Phi) is 5.24. The zero-order chi connectivity index (χ0) is 6.15. The molecule has 4 nitrogen and oxygen atoms in total. The van der Waals surface area contributed by atoms with Crippen molar-refractivity contribution >= 4 is 19.3 Å². The Morgan fingerprint density at radius 2 is 1.50 bits per heavy atom. The second kappa shape index (κ2) is 4.31. The van der Waals surface area contributed by atoms with Crippen molar-refractivity contribution in [1.82, 2.24) is 0 Å². The summed E-state index contributed by atoms with van der Waals surface area (Å²) in [5.74, 6) is -2.56. The van der Waals surface area contributed by atoms with Crippen LogP contribution in [0.3, 0.4) is 0 Å². The van der Waals surface area contributed by atoms with Gasteiger partial charge in [0.1, 0.15) is 0 Å². The first kappa shape index (κ1) is 12.2. The minimum absolute atomic E-state index is 0.